The molecule has 1 heterocycles. The number of Topliss-reactive ketones (excluding diaryl/α,β-unsaturated/α-hetero) is 1. The topological polar surface area (TPSA) is 30.0 Å². The molecule has 0 aliphatic rings. The summed E-state index contributed by atoms with van der Waals surface area (Å²) in [6, 6.07) is 10.2. The molecular weight excluding hydrogens is 254 g/mol. The standard InChI is InChI=1S/C16H19NOS/c1-16(2,3)15(18)11-19-10-12-8-13-6-4-5-7-14(13)17-9-12/h4-9H,10-11H2,1-3H3. The second-order valence-corrected chi connectivity index (χ2v) is 6.69. The number of carbonyl (C=O) groups excluding carboxylic acids is 1. The summed E-state index contributed by atoms with van der Waals surface area (Å²) in [4.78, 5) is 16.3. The molecule has 0 saturated carbocycles. The second kappa shape index (κ2) is 5.74. The number of hydrogen-bond donors (Lipinski definition) is 0. The molecule has 0 unspecified atom stereocenters. The van der Waals surface area contributed by atoms with E-state index in [4.69, 9.17) is 0 Å². The number of fused-ring (bicyclic) bond motifs is 1. The van der Waals surface area contributed by atoms with E-state index in [0.29, 0.717) is 11.5 Å². The lowest BCUT2D eigenvalue weighted by Gasteiger charge is -2.15. The van der Waals surface area contributed by atoms with Gasteiger partial charge in [0.1, 0.15) is 5.78 Å². The normalized spacial score (nSPS) is 11.7. The van der Waals surface area contributed by atoms with E-state index < -0.39 is 0 Å². The molecule has 0 aliphatic heterocycles. The van der Waals surface area contributed by atoms with Gasteiger partial charge in [-0.2, -0.15) is 0 Å². The summed E-state index contributed by atoms with van der Waals surface area (Å²) in [5, 5.41) is 1.16. The Morgan fingerprint density at radius 2 is 2.00 bits per heavy atom. The number of ketones is 1. The van der Waals surface area contributed by atoms with Crippen LogP contribution in [0, 0.1) is 5.41 Å². The highest BCUT2D eigenvalue weighted by atomic mass is 32.2. The first-order chi connectivity index (χ1) is 8.97. The van der Waals surface area contributed by atoms with Crippen molar-refractivity contribution in [3.63, 3.8) is 0 Å². The minimum absolute atomic E-state index is 0.241. The number of pyridine rings is 1. The van der Waals surface area contributed by atoms with Crippen LogP contribution in [0.25, 0.3) is 10.9 Å². The first-order valence-corrected chi connectivity index (χ1v) is 7.57. The maximum absolute atomic E-state index is 11.8. The molecule has 2 rings (SSSR count). The molecule has 0 atom stereocenters. The van der Waals surface area contributed by atoms with Gasteiger partial charge < -0.3 is 0 Å². The second-order valence-electron chi connectivity index (χ2n) is 5.70. The zero-order valence-electron chi connectivity index (χ0n) is 11.6. The largest absolute Gasteiger partial charge is 0.298 e. The van der Waals surface area contributed by atoms with Crippen LogP contribution in [0.5, 0.6) is 0 Å². The van der Waals surface area contributed by atoms with Crippen LogP contribution in [0.15, 0.2) is 36.5 Å². The maximum Gasteiger partial charge on any atom is 0.148 e. The van der Waals surface area contributed by atoms with Gasteiger partial charge in [-0.15, -0.1) is 11.8 Å². The van der Waals surface area contributed by atoms with Gasteiger partial charge in [0, 0.05) is 22.8 Å². The molecule has 0 amide bonds. The third kappa shape index (κ3) is 3.80. The number of hydrogen-bond acceptors (Lipinski definition) is 3. The Labute approximate surface area is 118 Å². The predicted molar refractivity (Wildman–Crippen MR) is 82.4 cm³/mol. The summed E-state index contributed by atoms with van der Waals surface area (Å²) in [6.45, 7) is 5.90. The summed E-state index contributed by atoms with van der Waals surface area (Å²) in [7, 11) is 0. The van der Waals surface area contributed by atoms with Crippen molar-refractivity contribution in [2.75, 3.05) is 5.75 Å². The monoisotopic (exact) mass is 273 g/mol. The van der Waals surface area contributed by atoms with Crippen molar-refractivity contribution >= 4 is 28.4 Å². The molecule has 3 heteroatoms. The third-order valence-electron chi connectivity index (χ3n) is 2.99. The van der Waals surface area contributed by atoms with Gasteiger partial charge >= 0.3 is 0 Å². The lowest BCUT2D eigenvalue weighted by atomic mass is 9.92. The van der Waals surface area contributed by atoms with Gasteiger partial charge in [0.2, 0.25) is 0 Å². The zero-order chi connectivity index (χ0) is 13.9. The van der Waals surface area contributed by atoms with Crippen molar-refractivity contribution in [3.05, 3.63) is 42.1 Å². The highest BCUT2D eigenvalue weighted by Crippen LogP contribution is 2.21. The molecule has 0 bridgehead atoms. The van der Waals surface area contributed by atoms with Gasteiger partial charge in [-0.3, -0.25) is 9.78 Å². The quantitative estimate of drug-likeness (QED) is 0.840. The summed E-state index contributed by atoms with van der Waals surface area (Å²) < 4.78 is 0. The fraction of sp³-hybridized carbons (Fsp3) is 0.375. The van der Waals surface area contributed by atoms with E-state index >= 15 is 0 Å². The molecule has 100 valence electrons. The summed E-state index contributed by atoms with van der Waals surface area (Å²) in [6.07, 6.45) is 1.90. The van der Waals surface area contributed by atoms with Crippen LogP contribution < -0.4 is 0 Å². The van der Waals surface area contributed by atoms with E-state index in [9.17, 15) is 4.79 Å². The number of benzene rings is 1. The first-order valence-electron chi connectivity index (χ1n) is 6.41. The van der Waals surface area contributed by atoms with E-state index in [0.717, 1.165) is 16.7 Å². The van der Waals surface area contributed by atoms with Gasteiger partial charge in [-0.25, -0.2) is 0 Å². The van der Waals surface area contributed by atoms with Crippen LogP contribution in [-0.4, -0.2) is 16.5 Å². The Bertz CT molecular complexity index is 587. The van der Waals surface area contributed by atoms with E-state index in [2.05, 4.69) is 17.1 Å². The van der Waals surface area contributed by atoms with Crippen molar-refractivity contribution in [1.29, 1.82) is 0 Å². The van der Waals surface area contributed by atoms with Gasteiger partial charge in [-0.1, -0.05) is 39.0 Å². The molecule has 0 spiro atoms. The molecule has 0 radical (unpaired) electrons. The Hall–Kier alpha value is -1.35. The van der Waals surface area contributed by atoms with Crippen molar-refractivity contribution < 1.29 is 4.79 Å². The van der Waals surface area contributed by atoms with Crippen LogP contribution in [0.3, 0.4) is 0 Å². The minimum Gasteiger partial charge on any atom is -0.298 e. The van der Waals surface area contributed by atoms with Gasteiger partial charge in [0.15, 0.2) is 0 Å². The fourth-order valence-corrected chi connectivity index (χ4v) is 2.79. The summed E-state index contributed by atoms with van der Waals surface area (Å²) in [5.41, 5.74) is 1.95. The van der Waals surface area contributed by atoms with Crippen LogP contribution in [0.2, 0.25) is 0 Å². The maximum atomic E-state index is 11.8. The molecule has 0 fully saturated rings. The Balaban J connectivity index is 1.97. The van der Waals surface area contributed by atoms with Gasteiger partial charge in [0.25, 0.3) is 0 Å². The average molecular weight is 273 g/mol. The minimum atomic E-state index is -0.241. The molecule has 1 aromatic carbocycles. The van der Waals surface area contributed by atoms with E-state index in [1.165, 1.54) is 5.56 Å². The summed E-state index contributed by atoms with van der Waals surface area (Å²) >= 11 is 1.66. The Morgan fingerprint density at radius 3 is 2.74 bits per heavy atom. The molecule has 0 N–H and O–H groups in total. The molecule has 2 nitrogen and oxygen atoms in total. The van der Waals surface area contributed by atoms with E-state index in [-0.39, 0.29) is 5.41 Å². The van der Waals surface area contributed by atoms with Crippen molar-refractivity contribution in [2.24, 2.45) is 5.41 Å². The Kier molecular flexibility index (Phi) is 4.25. The highest BCUT2D eigenvalue weighted by molar-refractivity contribution is 7.99. The lowest BCUT2D eigenvalue weighted by Crippen LogP contribution is -2.22. The first kappa shape index (κ1) is 14.1. The molecule has 0 aliphatic carbocycles. The van der Waals surface area contributed by atoms with Crippen LogP contribution in [0.1, 0.15) is 26.3 Å². The number of thioether (sulfide) groups is 1. The van der Waals surface area contributed by atoms with Crippen LogP contribution in [0.4, 0.5) is 0 Å². The van der Waals surface area contributed by atoms with Crippen LogP contribution in [-0.2, 0) is 10.5 Å². The molecular formula is C16H19NOS. The SMILES string of the molecule is CC(C)(C)C(=O)CSCc1cnc2ccccc2c1. The Morgan fingerprint density at radius 1 is 1.26 bits per heavy atom. The van der Waals surface area contributed by atoms with Crippen molar-refractivity contribution in [3.8, 4) is 0 Å². The number of carbonyl (C=O) groups is 1. The molecule has 1 aromatic heterocycles. The van der Waals surface area contributed by atoms with E-state index in [1.54, 1.807) is 11.8 Å². The van der Waals surface area contributed by atoms with Crippen molar-refractivity contribution in [1.82, 2.24) is 4.98 Å². The smallest absolute Gasteiger partial charge is 0.148 e. The molecule has 2 aromatic rings. The van der Waals surface area contributed by atoms with Crippen LogP contribution >= 0.6 is 11.8 Å². The number of para-hydroxylation sites is 1. The average Bonchev–Trinajstić information content (AvgIpc) is 2.37. The highest BCUT2D eigenvalue weighted by Gasteiger charge is 2.20. The predicted octanol–water partition coefficient (Wildman–Crippen LogP) is 4.08. The van der Waals surface area contributed by atoms with Crippen molar-refractivity contribution in [2.45, 2.75) is 26.5 Å². The zero-order valence-corrected chi connectivity index (χ0v) is 12.5. The number of nitrogens with zero attached hydrogens (tertiary/aromatic N) is 1. The lowest BCUT2D eigenvalue weighted by molar-refractivity contribution is -0.123. The van der Waals surface area contributed by atoms with Gasteiger partial charge in [0.05, 0.1) is 11.3 Å². The number of rotatable bonds is 4. The fourth-order valence-electron chi connectivity index (χ4n) is 1.67. The summed E-state index contributed by atoms with van der Waals surface area (Å²) in [5.74, 6) is 1.70. The van der Waals surface area contributed by atoms with Gasteiger partial charge in [-0.05, 0) is 17.7 Å². The molecule has 19 heavy (non-hydrogen) atoms. The molecule has 0 saturated heterocycles. The third-order valence-corrected chi connectivity index (χ3v) is 3.99. The van der Waals surface area contributed by atoms with E-state index in [1.807, 2.05) is 45.2 Å². The number of aromatic nitrogens is 1.